The maximum absolute atomic E-state index is 5.14. The second kappa shape index (κ2) is 10.5. The first kappa shape index (κ1) is 27.5. The van der Waals surface area contributed by atoms with E-state index in [9.17, 15) is 0 Å². The minimum atomic E-state index is 0.931. The van der Waals surface area contributed by atoms with Gasteiger partial charge in [-0.3, -0.25) is 4.57 Å². The molecule has 0 fully saturated rings. The molecule has 0 saturated heterocycles. The molecule has 0 spiro atoms. The number of nitrogens with zero attached hydrogens (tertiary/aromatic N) is 4. The molecule has 0 aliphatic heterocycles. The summed E-state index contributed by atoms with van der Waals surface area (Å²) in [7, 11) is 0. The number of hydrogen-bond donors (Lipinski definition) is 0. The molecule has 0 aliphatic rings. The van der Waals surface area contributed by atoms with E-state index in [0.29, 0.717) is 0 Å². The largest absolute Gasteiger partial charge is 0.316 e. The first-order valence-corrected chi connectivity index (χ1v) is 17.7. The average Bonchev–Trinajstić information content (AvgIpc) is 3.95. The van der Waals surface area contributed by atoms with Gasteiger partial charge in [0.25, 0.3) is 0 Å². The summed E-state index contributed by atoms with van der Waals surface area (Å²) >= 11 is 1.88. The van der Waals surface area contributed by atoms with Crippen molar-refractivity contribution >= 4 is 75.3 Å². The molecule has 4 aromatic heterocycles. The molecule has 7 aromatic carbocycles. The lowest BCUT2D eigenvalue weighted by Gasteiger charge is -2.12. The van der Waals surface area contributed by atoms with Gasteiger partial charge in [0.2, 0.25) is 0 Å². The van der Waals surface area contributed by atoms with Gasteiger partial charge in [0.15, 0.2) is 0 Å². The maximum atomic E-state index is 5.14. The fourth-order valence-electron chi connectivity index (χ4n) is 7.81. The second-order valence-electron chi connectivity index (χ2n) is 12.9. The molecule has 234 valence electrons. The van der Waals surface area contributed by atoms with Crippen molar-refractivity contribution in [2.24, 2.45) is 0 Å². The fraction of sp³-hybridized carbons (Fsp3) is 0. The molecule has 0 N–H and O–H groups in total. The Balaban J connectivity index is 1.18. The Kier molecular flexibility index (Phi) is 5.80. The Hall–Kier alpha value is -6.43. The van der Waals surface area contributed by atoms with Crippen LogP contribution in [0.15, 0.2) is 170 Å². The zero-order valence-electron chi connectivity index (χ0n) is 26.9. The van der Waals surface area contributed by atoms with Crippen LogP contribution in [0.5, 0.6) is 0 Å². The zero-order chi connectivity index (χ0) is 32.8. The number of fused-ring (bicyclic) bond motifs is 9. The van der Waals surface area contributed by atoms with Crippen LogP contribution >= 0.6 is 11.3 Å². The Morgan fingerprint density at radius 3 is 2.00 bits per heavy atom. The molecule has 0 radical (unpaired) electrons. The summed E-state index contributed by atoms with van der Waals surface area (Å²) in [5.74, 6) is 0.931. The van der Waals surface area contributed by atoms with Crippen molar-refractivity contribution in [2.75, 3.05) is 0 Å². The Bertz CT molecular complexity index is 3070. The smallest absolute Gasteiger partial charge is 0.145 e. The molecule has 0 saturated carbocycles. The predicted molar refractivity (Wildman–Crippen MR) is 211 cm³/mol. The van der Waals surface area contributed by atoms with Crippen LogP contribution in [0.3, 0.4) is 0 Å². The minimum Gasteiger partial charge on any atom is -0.316 e. The van der Waals surface area contributed by atoms with Crippen LogP contribution in [0.2, 0.25) is 0 Å². The van der Waals surface area contributed by atoms with Crippen molar-refractivity contribution in [3.8, 4) is 28.5 Å². The summed E-state index contributed by atoms with van der Waals surface area (Å²) in [5.41, 5.74) is 10.2. The van der Waals surface area contributed by atoms with E-state index in [1.54, 1.807) is 0 Å². The average molecular weight is 657 g/mol. The number of aromatic nitrogens is 4. The van der Waals surface area contributed by atoms with Crippen LogP contribution in [0.4, 0.5) is 0 Å². The molecule has 50 heavy (non-hydrogen) atoms. The standard InChI is InChI=1S/C45H28N4S/c1-3-11-31(12-4-1)47-26-25-30-27-37-35-23-24-36-34-15-7-10-18-42(34)50-44(36)43(35)48(41(37)28-40(30)47)33-21-19-29(20-22-33)45-46-38-16-8-9-17-39(38)49(45)32-13-5-2-6-14-32/h1-28H. The lowest BCUT2D eigenvalue weighted by atomic mass is 10.1. The molecule has 5 heteroatoms. The second-order valence-corrected chi connectivity index (χ2v) is 13.9. The van der Waals surface area contributed by atoms with Gasteiger partial charge in [0.05, 0.1) is 32.3 Å². The monoisotopic (exact) mass is 656 g/mol. The van der Waals surface area contributed by atoms with E-state index in [1.165, 1.54) is 52.9 Å². The van der Waals surface area contributed by atoms with E-state index in [4.69, 9.17) is 4.98 Å². The highest BCUT2D eigenvalue weighted by Crippen LogP contribution is 2.44. The van der Waals surface area contributed by atoms with Crippen molar-refractivity contribution in [1.82, 2.24) is 18.7 Å². The predicted octanol–water partition coefficient (Wildman–Crippen LogP) is 12.1. The number of para-hydroxylation sites is 4. The number of thiophene rings is 1. The summed E-state index contributed by atoms with van der Waals surface area (Å²) in [6.07, 6.45) is 2.18. The topological polar surface area (TPSA) is 27.7 Å². The van der Waals surface area contributed by atoms with Crippen molar-refractivity contribution < 1.29 is 0 Å². The van der Waals surface area contributed by atoms with E-state index in [-0.39, 0.29) is 0 Å². The van der Waals surface area contributed by atoms with Crippen LogP contribution in [0.1, 0.15) is 0 Å². The number of benzene rings is 7. The molecule has 11 rings (SSSR count). The van der Waals surface area contributed by atoms with Gasteiger partial charge in [-0.05, 0) is 84.9 Å². The van der Waals surface area contributed by atoms with Crippen molar-refractivity contribution in [2.45, 2.75) is 0 Å². The van der Waals surface area contributed by atoms with Gasteiger partial charge < -0.3 is 9.13 Å². The highest BCUT2D eigenvalue weighted by Gasteiger charge is 2.20. The molecule has 0 bridgehead atoms. The van der Waals surface area contributed by atoms with Crippen LogP contribution in [0.25, 0.3) is 92.4 Å². The highest BCUT2D eigenvalue weighted by atomic mass is 32.1. The minimum absolute atomic E-state index is 0.931. The molecule has 4 nitrogen and oxygen atoms in total. The summed E-state index contributed by atoms with van der Waals surface area (Å²) < 4.78 is 9.66. The van der Waals surface area contributed by atoms with E-state index in [0.717, 1.165) is 39.5 Å². The molecule has 11 aromatic rings. The normalized spacial score (nSPS) is 12.0. The van der Waals surface area contributed by atoms with Crippen molar-refractivity contribution in [3.63, 3.8) is 0 Å². The lowest BCUT2D eigenvalue weighted by molar-refractivity contribution is 1.10. The van der Waals surface area contributed by atoms with E-state index in [2.05, 4.69) is 184 Å². The van der Waals surface area contributed by atoms with Crippen LogP contribution in [-0.2, 0) is 0 Å². The van der Waals surface area contributed by atoms with E-state index in [1.807, 2.05) is 11.3 Å². The summed E-state index contributed by atoms with van der Waals surface area (Å²) in [6, 6.07) is 58.9. The molecule has 0 unspecified atom stereocenters. The highest BCUT2D eigenvalue weighted by molar-refractivity contribution is 7.26. The van der Waals surface area contributed by atoms with E-state index < -0.39 is 0 Å². The summed E-state index contributed by atoms with van der Waals surface area (Å²) in [6.45, 7) is 0. The molecule has 0 atom stereocenters. The van der Waals surface area contributed by atoms with Crippen LogP contribution in [-0.4, -0.2) is 18.7 Å². The molecule has 0 aliphatic carbocycles. The number of hydrogen-bond acceptors (Lipinski definition) is 2. The quantitative estimate of drug-likeness (QED) is 0.185. The van der Waals surface area contributed by atoms with Gasteiger partial charge in [0, 0.05) is 60.5 Å². The zero-order valence-corrected chi connectivity index (χ0v) is 27.7. The van der Waals surface area contributed by atoms with Gasteiger partial charge >= 0.3 is 0 Å². The Morgan fingerprint density at radius 2 is 1.16 bits per heavy atom. The summed E-state index contributed by atoms with van der Waals surface area (Å²) in [4.78, 5) is 5.14. The molecular formula is C45H28N4S. The van der Waals surface area contributed by atoms with Gasteiger partial charge in [-0.15, -0.1) is 11.3 Å². The van der Waals surface area contributed by atoms with Crippen LogP contribution in [0, 0.1) is 0 Å². The number of imidazole rings is 1. The first-order valence-electron chi connectivity index (χ1n) is 16.9. The first-order chi connectivity index (χ1) is 24.8. The Morgan fingerprint density at radius 1 is 0.460 bits per heavy atom. The van der Waals surface area contributed by atoms with Gasteiger partial charge in [0.1, 0.15) is 5.82 Å². The van der Waals surface area contributed by atoms with Gasteiger partial charge in [-0.25, -0.2) is 4.98 Å². The summed E-state index contributed by atoms with van der Waals surface area (Å²) in [5, 5.41) is 6.36. The van der Waals surface area contributed by atoms with Gasteiger partial charge in [-0.2, -0.15) is 0 Å². The Labute approximate surface area is 291 Å². The van der Waals surface area contributed by atoms with E-state index >= 15 is 0 Å². The van der Waals surface area contributed by atoms with Crippen molar-refractivity contribution in [1.29, 1.82) is 0 Å². The third-order valence-corrected chi connectivity index (χ3v) is 11.3. The molecule has 4 heterocycles. The maximum Gasteiger partial charge on any atom is 0.145 e. The SMILES string of the molecule is c1ccc(-n2ccc3cc4c5ccc6c7ccccc7sc6c5n(-c5ccc(-c6nc7ccccc7n6-c6ccccc6)cc5)c4cc32)cc1. The molecular weight excluding hydrogens is 629 g/mol. The van der Waals surface area contributed by atoms with Crippen molar-refractivity contribution in [3.05, 3.63) is 170 Å². The van der Waals surface area contributed by atoms with Crippen LogP contribution < -0.4 is 0 Å². The third kappa shape index (κ3) is 3.95. The number of rotatable bonds is 4. The molecule has 0 amide bonds. The lowest BCUT2D eigenvalue weighted by Crippen LogP contribution is -1.98. The van der Waals surface area contributed by atoms with Gasteiger partial charge in [-0.1, -0.05) is 78.9 Å². The third-order valence-electron chi connectivity index (χ3n) is 10.1. The fourth-order valence-corrected chi connectivity index (χ4v) is 9.05.